The van der Waals surface area contributed by atoms with E-state index in [9.17, 15) is 13.2 Å². The summed E-state index contributed by atoms with van der Waals surface area (Å²) >= 11 is 0. The average Bonchev–Trinajstić information content (AvgIpc) is 3.29. The molecule has 0 aromatic heterocycles. The van der Waals surface area contributed by atoms with Crippen LogP contribution in [0.4, 0.5) is 5.69 Å². The van der Waals surface area contributed by atoms with Gasteiger partial charge in [-0.05, 0) is 37.0 Å². The second-order valence-electron chi connectivity index (χ2n) is 6.02. The number of anilines is 1. The Labute approximate surface area is 136 Å². The first-order chi connectivity index (χ1) is 10.7. The predicted octanol–water partition coefficient (Wildman–Crippen LogP) is 1.06. The SMILES string of the molecule is COc1ccc(S(=O)(=O)NC2CC2)cc1NC(=O)[C@@H](N)C(C)C. The third-order valence-electron chi connectivity index (χ3n) is 3.66. The summed E-state index contributed by atoms with van der Waals surface area (Å²) in [5.41, 5.74) is 6.10. The maximum absolute atomic E-state index is 12.3. The van der Waals surface area contributed by atoms with Gasteiger partial charge in [-0.2, -0.15) is 0 Å². The number of hydrogen-bond donors (Lipinski definition) is 3. The first-order valence-electron chi connectivity index (χ1n) is 7.51. The second kappa shape index (κ2) is 6.86. The summed E-state index contributed by atoms with van der Waals surface area (Å²) in [6.07, 6.45) is 1.70. The molecule has 128 valence electrons. The van der Waals surface area contributed by atoms with Crippen molar-refractivity contribution in [3.63, 3.8) is 0 Å². The van der Waals surface area contributed by atoms with Gasteiger partial charge in [-0.1, -0.05) is 13.8 Å². The summed E-state index contributed by atoms with van der Waals surface area (Å²) in [6.45, 7) is 3.67. The van der Waals surface area contributed by atoms with E-state index in [1.807, 2.05) is 13.8 Å². The molecular weight excluding hydrogens is 318 g/mol. The van der Waals surface area contributed by atoms with Crippen molar-refractivity contribution < 1.29 is 17.9 Å². The van der Waals surface area contributed by atoms with E-state index >= 15 is 0 Å². The second-order valence-corrected chi connectivity index (χ2v) is 7.73. The molecule has 1 aliphatic carbocycles. The normalized spacial score (nSPS) is 16.2. The largest absolute Gasteiger partial charge is 0.495 e. The Kier molecular flexibility index (Phi) is 5.28. The van der Waals surface area contributed by atoms with Crippen molar-refractivity contribution in [3.05, 3.63) is 18.2 Å². The Hall–Kier alpha value is -1.64. The molecule has 1 amide bonds. The molecule has 1 aromatic carbocycles. The fourth-order valence-electron chi connectivity index (χ4n) is 1.96. The van der Waals surface area contributed by atoms with E-state index in [2.05, 4.69) is 10.0 Å². The van der Waals surface area contributed by atoms with E-state index in [-0.39, 0.29) is 28.4 Å². The quantitative estimate of drug-likeness (QED) is 0.687. The van der Waals surface area contributed by atoms with Gasteiger partial charge in [-0.15, -0.1) is 0 Å². The number of amides is 1. The molecule has 0 bridgehead atoms. The highest BCUT2D eigenvalue weighted by Gasteiger charge is 2.28. The van der Waals surface area contributed by atoms with Crippen LogP contribution in [0.15, 0.2) is 23.1 Å². The van der Waals surface area contributed by atoms with Crippen molar-refractivity contribution in [2.45, 2.75) is 43.7 Å². The van der Waals surface area contributed by atoms with Crippen molar-refractivity contribution in [2.75, 3.05) is 12.4 Å². The van der Waals surface area contributed by atoms with Crippen molar-refractivity contribution in [1.29, 1.82) is 0 Å². The molecule has 23 heavy (non-hydrogen) atoms. The Morgan fingerprint density at radius 2 is 2.00 bits per heavy atom. The first-order valence-corrected chi connectivity index (χ1v) is 8.99. The number of benzene rings is 1. The van der Waals surface area contributed by atoms with E-state index in [0.717, 1.165) is 12.8 Å². The molecule has 1 aliphatic rings. The molecule has 8 heteroatoms. The molecule has 1 aromatic rings. The smallest absolute Gasteiger partial charge is 0.241 e. The summed E-state index contributed by atoms with van der Waals surface area (Å²) in [4.78, 5) is 12.2. The van der Waals surface area contributed by atoms with Crippen molar-refractivity contribution in [3.8, 4) is 5.75 Å². The van der Waals surface area contributed by atoms with E-state index < -0.39 is 16.1 Å². The maximum atomic E-state index is 12.3. The Bertz CT molecular complexity index is 684. The molecule has 0 spiro atoms. The van der Waals surface area contributed by atoms with Gasteiger partial charge in [0.15, 0.2) is 0 Å². The fraction of sp³-hybridized carbons (Fsp3) is 0.533. The lowest BCUT2D eigenvalue weighted by Crippen LogP contribution is -2.39. The van der Waals surface area contributed by atoms with E-state index in [1.54, 1.807) is 0 Å². The lowest BCUT2D eigenvalue weighted by molar-refractivity contribution is -0.118. The number of carbonyl (C=O) groups excluding carboxylic acids is 1. The summed E-state index contributed by atoms with van der Waals surface area (Å²) in [5, 5.41) is 2.64. The Morgan fingerprint density at radius 3 is 2.52 bits per heavy atom. The topological polar surface area (TPSA) is 111 Å². The third kappa shape index (κ3) is 4.43. The lowest BCUT2D eigenvalue weighted by Gasteiger charge is -2.17. The van der Waals surface area contributed by atoms with Crippen LogP contribution in [0.3, 0.4) is 0 Å². The zero-order valence-corrected chi connectivity index (χ0v) is 14.3. The summed E-state index contributed by atoms with van der Waals surface area (Å²) in [7, 11) is -2.16. The van der Waals surface area contributed by atoms with Gasteiger partial charge in [0, 0.05) is 6.04 Å². The molecule has 0 radical (unpaired) electrons. The number of nitrogens with one attached hydrogen (secondary N) is 2. The maximum Gasteiger partial charge on any atom is 0.241 e. The van der Waals surface area contributed by atoms with Crippen LogP contribution in [0.25, 0.3) is 0 Å². The molecule has 1 fully saturated rings. The van der Waals surface area contributed by atoms with Crippen LogP contribution >= 0.6 is 0 Å². The Balaban J connectivity index is 2.26. The third-order valence-corrected chi connectivity index (χ3v) is 5.18. The first kappa shape index (κ1) is 17.7. The monoisotopic (exact) mass is 341 g/mol. The molecule has 4 N–H and O–H groups in total. The molecule has 1 saturated carbocycles. The van der Waals surface area contributed by atoms with Crippen molar-refractivity contribution in [2.24, 2.45) is 11.7 Å². The minimum absolute atomic E-state index is 0.00880. The van der Waals surface area contributed by atoms with Gasteiger partial charge >= 0.3 is 0 Å². The van der Waals surface area contributed by atoms with Gasteiger partial charge in [0.05, 0.1) is 23.7 Å². The van der Waals surface area contributed by atoms with Gasteiger partial charge in [0.2, 0.25) is 15.9 Å². The molecule has 0 unspecified atom stereocenters. The highest BCUT2D eigenvalue weighted by molar-refractivity contribution is 7.89. The molecule has 0 heterocycles. The van der Waals surface area contributed by atoms with Crippen LogP contribution in [-0.4, -0.2) is 33.5 Å². The molecule has 0 aliphatic heterocycles. The van der Waals surface area contributed by atoms with Gasteiger partial charge in [0.25, 0.3) is 0 Å². The highest BCUT2D eigenvalue weighted by atomic mass is 32.2. The highest BCUT2D eigenvalue weighted by Crippen LogP contribution is 2.29. The van der Waals surface area contributed by atoms with Gasteiger partial charge < -0.3 is 15.8 Å². The van der Waals surface area contributed by atoms with Crippen LogP contribution in [0.2, 0.25) is 0 Å². The molecular formula is C15H23N3O4S. The van der Waals surface area contributed by atoms with Crippen LogP contribution in [-0.2, 0) is 14.8 Å². The number of hydrogen-bond acceptors (Lipinski definition) is 5. The van der Waals surface area contributed by atoms with Crippen LogP contribution in [0, 0.1) is 5.92 Å². The number of rotatable bonds is 7. The number of nitrogens with two attached hydrogens (primary N) is 1. The number of ether oxygens (including phenoxy) is 1. The summed E-state index contributed by atoms with van der Waals surface area (Å²) in [6, 6.07) is 3.66. The lowest BCUT2D eigenvalue weighted by atomic mass is 10.0. The van der Waals surface area contributed by atoms with Gasteiger partial charge in [-0.25, -0.2) is 13.1 Å². The summed E-state index contributed by atoms with van der Waals surface area (Å²) in [5.74, 6) is -0.0490. The minimum atomic E-state index is -3.60. The number of methoxy groups -OCH3 is 1. The van der Waals surface area contributed by atoms with Crippen molar-refractivity contribution in [1.82, 2.24) is 4.72 Å². The fourth-order valence-corrected chi connectivity index (χ4v) is 3.29. The zero-order chi connectivity index (χ0) is 17.2. The average molecular weight is 341 g/mol. The van der Waals surface area contributed by atoms with Gasteiger partial charge in [-0.3, -0.25) is 4.79 Å². The van der Waals surface area contributed by atoms with E-state index in [1.165, 1.54) is 25.3 Å². The molecule has 2 rings (SSSR count). The van der Waals surface area contributed by atoms with E-state index in [4.69, 9.17) is 10.5 Å². The van der Waals surface area contributed by atoms with Crippen LogP contribution in [0.5, 0.6) is 5.75 Å². The molecule has 1 atom stereocenters. The molecule has 0 saturated heterocycles. The Morgan fingerprint density at radius 1 is 1.35 bits per heavy atom. The zero-order valence-electron chi connectivity index (χ0n) is 13.5. The molecule has 7 nitrogen and oxygen atoms in total. The number of sulfonamides is 1. The van der Waals surface area contributed by atoms with Gasteiger partial charge in [0.1, 0.15) is 5.75 Å². The standard InChI is InChI=1S/C15H23N3O4S/c1-9(2)14(16)15(19)17-12-8-11(6-7-13(12)22-3)23(20,21)18-10-4-5-10/h6-10,14,18H,4-5,16H2,1-3H3,(H,17,19)/t14-/m0/s1. The van der Waals surface area contributed by atoms with Crippen LogP contribution in [0.1, 0.15) is 26.7 Å². The number of carbonyl (C=O) groups is 1. The van der Waals surface area contributed by atoms with Crippen molar-refractivity contribution >= 4 is 21.6 Å². The predicted molar refractivity (Wildman–Crippen MR) is 87.8 cm³/mol. The van der Waals surface area contributed by atoms with Crippen LogP contribution < -0.4 is 20.5 Å². The minimum Gasteiger partial charge on any atom is -0.495 e. The van der Waals surface area contributed by atoms with E-state index in [0.29, 0.717) is 5.75 Å². The summed E-state index contributed by atoms with van der Waals surface area (Å²) < 4.78 is 32.3.